The van der Waals surface area contributed by atoms with E-state index in [1.165, 1.54) is 0 Å². The van der Waals surface area contributed by atoms with E-state index in [1.54, 1.807) is 0 Å². The van der Waals surface area contributed by atoms with Crippen molar-refractivity contribution >= 4 is 12.1 Å². The predicted octanol–water partition coefficient (Wildman–Crippen LogP) is -1.38. The van der Waals surface area contributed by atoms with Gasteiger partial charge in [-0.1, -0.05) is 0 Å². The summed E-state index contributed by atoms with van der Waals surface area (Å²) in [5.41, 5.74) is 0. The van der Waals surface area contributed by atoms with Crippen molar-refractivity contribution in [1.82, 2.24) is 4.72 Å². The zero-order valence-corrected chi connectivity index (χ0v) is 10.7. The molecule has 0 saturated carbocycles. The monoisotopic (exact) mass is 188 g/mol. The van der Waals surface area contributed by atoms with Crippen molar-refractivity contribution in [3.05, 3.63) is 5.14 Å². The normalized spacial score (nSPS) is 9.60. The molecule has 0 radical (unpaired) electrons. The van der Waals surface area contributed by atoms with Crippen LogP contribution in [0.5, 0.6) is 0 Å². The number of hydrogen-bond acceptors (Lipinski definition) is 3. The summed E-state index contributed by atoms with van der Waals surface area (Å²) in [5.74, 6) is 0. The van der Waals surface area contributed by atoms with E-state index in [-0.39, 0.29) is 51.4 Å². The van der Waals surface area contributed by atoms with Gasteiger partial charge in [0.15, 0.2) is 0 Å². The molecule has 2 N–H and O–H groups in total. The first-order valence-corrected chi connectivity index (χ1v) is 3.76. The summed E-state index contributed by atoms with van der Waals surface area (Å²) < 4.78 is 7.95. The summed E-state index contributed by atoms with van der Waals surface area (Å²) in [6.07, 6.45) is 0.294. The van der Waals surface area contributed by atoms with Gasteiger partial charge in [0.2, 0.25) is 0 Å². The Morgan fingerprint density at radius 2 is 2.20 bits per heavy atom. The van der Waals surface area contributed by atoms with Gasteiger partial charge in [0.25, 0.3) is 0 Å². The summed E-state index contributed by atoms with van der Waals surface area (Å²) in [6.45, 7) is 5.41. The molecule has 0 amide bonds. The Bertz CT molecular complexity index is 65.6. The zero-order valence-electron chi connectivity index (χ0n) is 6.81. The number of ether oxygens (including phenoxy) is 1. The molecule has 3 nitrogen and oxygen atoms in total. The minimum absolute atomic E-state index is 0. The molecule has 0 aromatic heterocycles. The van der Waals surface area contributed by atoms with Gasteiger partial charge in [0.05, 0.1) is 12.7 Å². The van der Waals surface area contributed by atoms with Crippen LogP contribution < -0.4 is 56.1 Å². The van der Waals surface area contributed by atoms with E-state index in [4.69, 9.17) is 9.88 Å². The standard InChI is InChI=1S/C5H13N2OS.K/c1-5(2)8-4-3-7-9-6;/h5-7H,3-4H2,1-2H3;/q-1;+1. The molecule has 0 rings (SSSR count). The number of nitrogens with one attached hydrogen (secondary N) is 2. The van der Waals surface area contributed by atoms with Gasteiger partial charge in [-0.2, -0.15) is 0 Å². The van der Waals surface area contributed by atoms with Crippen molar-refractivity contribution in [2.45, 2.75) is 20.0 Å². The molecule has 0 bridgehead atoms. The summed E-state index contributed by atoms with van der Waals surface area (Å²) in [5, 5.41) is 6.64. The molecule has 5 heteroatoms. The fourth-order valence-corrected chi connectivity index (χ4v) is 0.573. The molecular weight excluding hydrogens is 175 g/mol. The van der Waals surface area contributed by atoms with Gasteiger partial charge < -0.3 is 9.88 Å². The van der Waals surface area contributed by atoms with Crippen LogP contribution in [0.4, 0.5) is 0 Å². The van der Waals surface area contributed by atoms with Crippen molar-refractivity contribution in [1.29, 1.82) is 0 Å². The molecule has 0 unspecified atom stereocenters. The van der Waals surface area contributed by atoms with E-state index in [2.05, 4.69) is 4.72 Å². The van der Waals surface area contributed by atoms with Crippen LogP contribution in [0.1, 0.15) is 13.8 Å². The molecule has 0 aliphatic heterocycles. The molecule has 0 aromatic rings. The Hall–Kier alpha value is 1.87. The van der Waals surface area contributed by atoms with Gasteiger partial charge in [-0.25, -0.2) is 12.1 Å². The third-order valence-corrected chi connectivity index (χ3v) is 1.08. The average Bonchev–Trinajstić information content (AvgIpc) is 1.80. The van der Waals surface area contributed by atoms with Crippen LogP contribution in [0.15, 0.2) is 0 Å². The molecule has 0 aromatic carbocycles. The third kappa shape index (κ3) is 12.5. The Kier molecular flexibility index (Phi) is 15.6. The topological polar surface area (TPSA) is 45.1 Å². The largest absolute Gasteiger partial charge is 1.00 e. The minimum atomic E-state index is 0. The second kappa shape index (κ2) is 10.9. The van der Waals surface area contributed by atoms with Crippen LogP contribution in [0.3, 0.4) is 0 Å². The first kappa shape index (κ1) is 14.4. The van der Waals surface area contributed by atoms with Gasteiger partial charge in [0.1, 0.15) is 0 Å². The Balaban J connectivity index is 0. The smallest absolute Gasteiger partial charge is 0.608 e. The summed E-state index contributed by atoms with van der Waals surface area (Å²) in [6, 6.07) is 0. The van der Waals surface area contributed by atoms with Gasteiger partial charge >= 0.3 is 51.4 Å². The van der Waals surface area contributed by atoms with E-state index in [1.807, 2.05) is 13.8 Å². The molecule has 0 saturated heterocycles. The summed E-state index contributed by atoms with van der Waals surface area (Å²) in [7, 11) is 0. The molecule has 56 valence electrons. The summed E-state index contributed by atoms with van der Waals surface area (Å²) >= 11 is 0.873. The molecule has 0 aliphatic rings. The Morgan fingerprint density at radius 1 is 1.60 bits per heavy atom. The van der Waals surface area contributed by atoms with Crippen LogP contribution in [0.25, 0.3) is 5.14 Å². The Morgan fingerprint density at radius 3 is 2.60 bits per heavy atom. The number of hydrogen-bond donors (Lipinski definition) is 1. The van der Waals surface area contributed by atoms with Crippen LogP contribution in [-0.4, -0.2) is 19.3 Å². The Labute approximate surface area is 110 Å². The first-order valence-electron chi connectivity index (χ1n) is 2.94. The van der Waals surface area contributed by atoms with Gasteiger partial charge in [-0.15, -0.1) is 0 Å². The molecule has 10 heavy (non-hydrogen) atoms. The second-order valence-electron chi connectivity index (χ2n) is 1.92. The summed E-state index contributed by atoms with van der Waals surface area (Å²) in [4.78, 5) is 0. The molecule has 0 spiro atoms. The third-order valence-electron chi connectivity index (χ3n) is 0.727. The second-order valence-corrected chi connectivity index (χ2v) is 2.41. The van der Waals surface area contributed by atoms with Gasteiger partial charge in [-0.3, -0.25) is 4.72 Å². The van der Waals surface area contributed by atoms with Crippen LogP contribution >= 0.6 is 12.1 Å². The molecule has 0 aliphatic carbocycles. The molecule has 0 fully saturated rings. The maximum Gasteiger partial charge on any atom is 1.00 e. The van der Waals surface area contributed by atoms with Gasteiger partial charge in [-0.05, 0) is 13.8 Å². The quantitative estimate of drug-likeness (QED) is 0.329. The minimum Gasteiger partial charge on any atom is -0.608 e. The van der Waals surface area contributed by atoms with E-state index in [0.717, 1.165) is 18.7 Å². The van der Waals surface area contributed by atoms with Crippen molar-refractivity contribution in [3.63, 3.8) is 0 Å². The van der Waals surface area contributed by atoms with E-state index >= 15 is 0 Å². The van der Waals surface area contributed by atoms with Crippen molar-refractivity contribution < 1.29 is 56.1 Å². The van der Waals surface area contributed by atoms with E-state index in [9.17, 15) is 0 Å². The van der Waals surface area contributed by atoms with Gasteiger partial charge in [0, 0.05) is 6.54 Å². The van der Waals surface area contributed by atoms with Crippen LogP contribution in [-0.2, 0) is 4.74 Å². The first-order chi connectivity index (χ1) is 4.27. The number of rotatable bonds is 5. The average molecular weight is 188 g/mol. The maximum atomic E-state index is 6.64. The predicted molar refractivity (Wildman–Crippen MR) is 41.0 cm³/mol. The van der Waals surface area contributed by atoms with Crippen molar-refractivity contribution in [3.8, 4) is 0 Å². The molecule has 0 atom stereocenters. The van der Waals surface area contributed by atoms with Crippen LogP contribution in [0.2, 0.25) is 0 Å². The SMILES string of the molecule is CC(C)OCCNS[NH-].[K+]. The van der Waals surface area contributed by atoms with Crippen LogP contribution in [0, 0.1) is 0 Å². The zero-order chi connectivity index (χ0) is 7.11. The molecule has 0 heterocycles. The van der Waals surface area contributed by atoms with E-state index < -0.39 is 0 Å². The fraction of sp³-hybridized carbons (Fsp3) is 1.00. The maximum absolute atomic E-state index is 6.64. The molecular formula is C5H13KN2OS. The van der Waals surface area contributed by atoms with E-state index in [0.29, 0.717) is 12.7 Å². The van der Waals surface area contributed by atoms with Crippen molar-refractivity contribution in [2.24, 2.45) is 0 Å². The fourth-order valence-electron chi connectivity index (χ4n) is 0.387. The van der Waals surface area contributed by atoms with Crippen molar-refractivity contribution in [2.75, 3.05) is 13.2 Å².